The molecular formula is C21H39N. The molecule has 0 fully saturated rings. The van der Waals surface area contributed by atoms with Gasteiger partial charge in [-0.05, 0) is 63.9 Å². The van der Waals surface area contributed by atoms with Crippen molar-refractivity contribution >= 4 is 0 Å². The minimum atomic E-state index is 0.755. The summed E-state index contributed by atoms with van der Waals surface area (Å²) in [5.74, 6) is 0.755. The van der Waals surface area contributed by atoms with Crippen LogP contribution in [-0.2, 0) is 0 Å². The van der Waals surface area contributed by atoms with Gasteiger partial charge in [-0.25, -0.2) is 0 Å². The first kappa shape index (κ1) is 19.5. The molecule has 0 aromatic carbocycles. The van der Waals surface area contributed by atoms with Crippen molar-refractivity contribution in [1.29, 1.82) is 0 Å². The Bertz CT molecular complexity index is 355. The van der Waals surface area contributed by atoms with Crippen LogP contribution in [0.3, 0.4) is 0 Å². The predicted octanol–water partition coefficient (Wildman–Crippen LogP) is 6.36. The minimum Gasteiger partial charge on any atom is -0.309 e. The summed E-state index contributed by atoms with van der Waals surface area (Å²) in [5.41, 5.74) is 7.19. The van der Waals surface area contributed by atoms with Crippen LogP contribution >= 0.6 is 0 Å². The molecule has 0 heterocycles. The summed E-state index contributed by atoms with van der Waals surface area (Å²) < 4.78 is 0. The number of nitrogens with zero attached hydrogens (tertiary/aromatic N) is 1. The second-order valence-electron chi connectivity index (χ2n) is 7.15. The zero-order valence-corrected chi connectivity index (χ0v) is 16.1. The number of rotatable bonds is 11. The van der Waals surface area contributed by atoms with Crippen molar-refractivity contribution in [3.8, 4) is 0 Å². The first-order chi connectivity index (χ1) is 10.6. The average Bonchev–Trinajstić information content (AvgIpc) is 2.73. The van der Waals surface area contributed by atoms with E-state index in [0.29, 0.717) is 0 Å². The largest absolute Gasteiger partial charge is 0.309 e. The summed E-state index contributed by atoms with van der Waals surface area (Å²) in [4.78, 5) is 2.35. The van der Waals surface area contributed by atoms with Gasteiger partial charge in [-0.3, -0.25) is 0 Å². The van der Waals surface area contributed by atoms with Gasteiger partial charge in [0, 0.05) is 5.92 Å². The zero-order valence-electron chi connectivity index (χ0n) is 16.1. The van der Waals surface area contributed by atoms with Crippen molar-refractivity contribution < 1.29 is 0 Å². The van der Waals surface area contributed by atoms with Crippen LogP contribution in [0.1, 0.15) is 85.5 Å². The van der Waals surface area contributed by atoms with Gasteiger partial charge < -0.3 is 4.90 Å². The van der Waals surface area contributed by atoms with Crippen LogP contribution in [-0.4, -0.2) is 25.5 Å². The quantitative estimate of drug-likeness (QED) is 0.429. The normalized spacial score (nSPS) is 16.5. The van der Waals surface area contributed by atoms with Crippen LogP contribution in [0.4, 0.5) is 0 Å². The highest BCUT2D eigenvalue weighted by molar-refractivity contribution is 5.50. The van der Waals surface area contributed by atoms with E-state index >= 15 is 0 Å². The van der Waals surface area contributed by atoms with E-state index < -0.39 is 0 Å². The maximum atomic E-state index is 2.35. The Balaban J connectivity index is 3.17. The molecule has 0 aliphatic heterocycles. The SMILES string of the molecule is CCCC1=C(CCC)C(CCN(C)C)C(CCC)=C1CCC. The smallest absolute Gasteiger partial charge is 0.00309 e. The molecule has 1 rings (SSSR count). The lowest BCUT2D eigenvalue weighted by molar-refractivity contribution is 0.376. The molecule has 0 bridgehead atoms. The maximum absolute atomic E-state index is 2.35. The van der Waals surface area contributed by atoms with E-state index in [-0.39, 0.29) is 0 Å². The van der Waals surface area contributed by atoms with E-state index in [1.165, 1.54) is 64.3 Å². The topological polar surface area (TPSA) is 3.24 Å². The third kappa shape index (κ3) is 4.98. The molecule has 22 heavy (non-hydrogen) atoms. The van der Waals surface area contributed by atoms with Gasteiger partial charge in [0.1, 0.15) is 0 Å². The fraction of sp³-hybridized carbons (Fsp3) is 0.810. The lowest BCUT2D eigenvalue weighted by Crippen LogP contribution is -2.18. The Morgan fingerprint density at radius 1 is 0.682 bits per heavy atom. The Labute approximate surface area is 139 Å². The highest BCUT2D eigenvalue weighted by atomic mass is 15.0. The van der Waals surface area contributed by atoms with Gasteiger partial charge in [-0.15, -0.1) is 0 Å². The van der Waals surface area contributed by atoms with Crippen LogP contribution < -0.4 is 0 Å². The summed E-state index contributed by atoms with van der Waals surface area (Å²) in [6, 6.07) is 0. The standard InChI is InChI=1S/C21H39N/c1-7-11-17-18(12-8-2)20(14-10-4)21(15-16-22(5)6)19(17)13-9-3/h21H,7-16H2,1-6H3. The number of allylic oxidation sites excluding steroid dienone is 4. The van der Waals surface area contributed by atoms with Gasteiger partial charge in [0.15, 0.2) is 0 Å². The van der Waals surface area contributed by atoms with Gasteiger partial charge in [-0.1, -0.05) is 64.5 Å². The summed E-state index contributed by atoms with van der Waals surface area (Å²) in [7, 11) is 4.42. The summed E-state index contributed by atoms with van der Waals surface area (Å²) in [6.07, 6.45) is 11.7. The van der Waals surface area contributed by atoms with Crippen molar-refractivity contribution in [1.82, 2.24) is 4.90 Å². The molecular weight excluding hydrogens is 266 g/mol. The fourth-order valence-electron chi connectivity index (χ4n) is 4.07. The van der Waals surface area contributed by atoms with E-state index in [0.717, 1.165) is 5.92 Å². The molecule has 0 N–H and O–H groups in total. The van der Waals surface area contributed by atoms with Crippen LogP contribution in [0.15, 0.2) is 22.3 Å². The van der Waals surface area contributed by atoms with Gasteiger partial charge >= 0.3 is 0 Å². The molecule has 0 aromatic heterocycles. The van der Waals surface area contributed by atoms with E-state index in [1.807, 2.05) is 11.1 Å². The molecule has 1 aliphatic carbocycles. The lowest BCUT2D eigenvalue weighted by Gasteiger charge is -2.22. The zero-order chi connectivity index (χ0) is 16.5. The molecule has 0 saturated heterocycles. The van der Waals surface area contributed by atoms with Gasteiger partial charge in [-0.2, -0.15) is 0 Å². The van der Waals surface area contributed by atoms with Crippen molar-refractivity contribution in [3.63, 3.8) is 0 Å². The first-order valence-electron chi connectivity index (χ1n) is 9.69. The van der Waals surface area contributed by atoms with Gasteiger partial charge in [0.05, 0.1) is 0 Å². The van der Waals surface area contributed by atoms with Crippen LogP contribution in [0, 0.1) is 5.92 Å². The van der Waals surface area contributed by atoms with Crippen LogP contribution in [0.25, 0.3) is 0 Å². The first-order valence-corrected chi connectivity index (χ1v) is 9.69. The molecule has 0 atom stereocenters. The second kappa shape index (κ2) is 10.3. The van der Waals surface area contributed by atoms with E-state index in [2.05, 4.69) is 46.7 Å². The van der Waals surface area contributed by atoms with Crippen molar-refractivity contribution in [3.05, 3.63) is 22.3 Å². The monoisotopic (exact) mass is 305 g/mol. The van der Waals surface area contributed by atoms with E-state index in [1.54, 1.807) is 11.1 Å². The Hall–Kier alpha value is -0.560. The number of hydrogen-bond acceptors (Lipinski definition) is 1. The minimum absolute atomic E-state index is 0.755. The van der Waals surface area contributed by atoms with Crippen LogP contribution in [0.2, 0.25) is 0 Å². The molecule has 0 amide bonds. The van der Waals surface area contributed by atoms with Crippen molar-refractivity contribution in [2.45, 2.75) is 85.5 Å². The molecule has 1 heteroatoms. The van der Waals surface area contributed by atoms with E-state index in [9.17, 15) is 0 Å². The summed E-state index contributed by atoms with van der Waals surface area (Å²) >= 11 is 0. The highest BCUT2D eigenvalue weighted by Gasteiger charge is 2.31. The van der Waals surface area contributed by atoms with Gasteiger partial charge in [0.2, 0.25) is 0 Å². The fourth-order valence-corrected chi connectivity index (χ4v) is 4.07. The Morgan fingerprint density at radius 2 is 1.09 bits per heavy atom. The lowest BCUT2D eigenvalue weighted by atomic mass is 9.86. The highest BCUT2D eigenvalue weighted by Crippen LogP contribution is 2.46. The summed E-state index contributed by atoms with van der Waals surface area (Å²) in [6.45, 7) is 10.6. The Morgan fingerprint density at radius 3 is 1.41 bits per heavy atom. The molecule has 0 aromatic rings. The molecule has 128 valence electrons. The third-order valence-corrected chi connectivity index (χ3v) is 4.88. The Kier molecular flexibility index (Phi) is 9.09. The van der Waals surface area contributed by atoms with Crippen molar-refractivity contribution in [2.24, 2.45) is 5.92 Å². The van der Waals surface area contributed by atoms with Crippen LogP contribution in [0.5, 0.6) is 0 Å². The van der Waals surface area contributed by atoms with Gasteiger partial charge in [0.25, 0.3) is 0 Å². The predicted molar refractivity (Wildman–Crippen MR) is 100 cm³/mol. The third-order valence-electron chi connectivity index (χ3n) is 4.88. The number of hydrogen-bond donors (Lipinski definition) is 0. The molecule has 1 nitrogen and oxygen atoms in total. The molecule has 1 aliphatic rings. The molecule has 0 unspecified atom stereocenters. The van der Waals surface area contributed by atoms with Crippen molar-refractivity contribution in [2.75, 3.05) is 20.6 Å². The summed E-state index contributed by atoms with van der Waals surface area (Å²) in [5, 5.41) is 0. The molecule has 0 spiro atoms. The average molecular weight is 306 g/mol. The van der Waals surface area contributed by atoms with E-state index in [4.69, 9.17) is 0 Å². The molecule has 0 saturated carbocycles. The molecule has 0 radical (unpaired) electrons. The maximum Gasteiger partial charge on any atom is 0.00309 e. The second-order valence-corrected chi connectivity index (χ2v) is 7.15.